The van der Waals surface area contributed by atoms with Crippen molar-refractivity contribution >= 4 is 32.5 Å². The van der Waals surface area contributed by atoms with E-state index in [4.69, 9.17) is 5.14 Å². The van der Waals surface area contributed by atoms with Gasteiger partial charge in [0.25, 0.3) is 5.91 Å². The van der Waals surface area contributed by atoms with Crippen LogP contribution in [0.2, 0.25) is 0 Å². The van der Waals surface area contributed by atoms with Crippen LogP contribution in [0.5, 0.6) is 0 Å². The van der Waals surface area contributed by atoms with Crippen molar-refractivity contribution in [3.8, 4) is 0 Å². The van der Waals surface area contributed by atoms with Gasteiger partial charge in [-0.15, -0.1) is 0 Å². The highest BCUT2D eigenvalue weighted by molar-refractivity contribution is 7.89. The lowest BCUT2D eigenvalue weighted by molar-refractivity contribution is 0.00422. The summed E-state index contributed by atoms with van der Waals surface area (Å²) in [6, 6.07) is 9.12. The third-order valence-electron chi connectivity index (χ3n) is 5.27. The maximum atomic E-state index is 13.7. The van der Waals surface area contributed by atoms with Gasteiger partial charge in [-0.2, -0.15) is 5.10 Å². The fourth-order valence-corrected chi connectivity index (χ4v) is 4.42. The van der Waals surface area contributed by atoms with Crippen LogP contribution < -0.4 is 10.5 Å². The summed E-state index contributed by atoms with van der Waals surface area (Å²) in [6.07, 6.45) is -0.251. The second kappa shape index (κ2) is 7.65. The van der Waals surface area contributed by atoms with E-state index in [1.54, 1.807) is 0 Å². The van der Waals surface area contributed by atoms with E-state index in [9.17, 15) is 26.4 Å². The van der Waals surface area contributed by atoms with Crippen molar-refractivity contribution in [2.75, 3.05) is 5.32 Å². The van der Waals surface area contributed by atoms with Crippen molar-refractivity contribution in [3.63, 3.8) is 0 Å². The van der Waals surface area contributed by atoms with E-state index in [0.717, 1.165) is 6.07 Å². The number of hydrogen-bond acceptors (Lipinski definition) is 4. The molecule has 164 valence electrons. The molecule has 1 amide bonds. The number of nitrogens with one attached hydrogen (secondary N) is 1. The molecule has 31 heavy (non-hydrogen) atoms. The Morgan fingerprint density at radius 1 is 1.26 bits per heavy atom. The first-order chi connectivity index (χ1) is 14.5. The monoisotopic (exact) mass is 452 g/mol. The summed E-state index contributed by atoms with van der Waals surface area (Å²) >= 11 is 0. The number of nitrogens with two attached hydrogens (primary N) is 1. The Labute approximate surface area is 176 Å². The van der Waals surface area contributed by atoms with Gasteiger partial charge in [0.15, 0.2) is 0 Å². The Morgan fingerprint density at radius 3 is 2.71 bits per heavy atom. The molecule has 3 N–H and O–H groups in total. The minimum absolute atomic E-state index is 0.0752. The van der Waals surface area contributed by atoms with Crippen LogP contribution in [0.15, 0.2) is 47.4 Å². The highest BCUT2D eigenvalue weighted by Gasteiger charge is 2.40. The summed E-state index contributed by atoms with van der Waals surface area (Å²) in [6.45, 7) is 0.0753. The van der Waals surface area contributed by atoms with Crippen LogP contribution in [0.25, 0.3) is 10.9 Å². The number of fused-ring (bicyclic) bond motifs is 1. The standard InChI is InChI=1S/C20H19F3N4O3S/c21-13-4-5-16-17(8-13)26-27(11-12-6-7-20(22,23)10-12)18(16)19(28)25-14-2-1-3-15(9-14)31(24,29)30/h1-5,8-9,12H,6-7,10-11H2,(H,25,28)(H2,24,29,30). The van der Waals surface area contributed by atoms with Crippen molar-refractivity contribution < 1.29 is 26.4 Å². The molecule has 1 heterocycles. The summed E-state index contributed by atoms with van der Waals surface area (Å²) in [5, 5.41) is 12.3. The Kier molecular flexibility index (Phi) is 5.26. The largest absolute Gasteiger partial charge is 0.321 e. The zero-order valence-corrected chi connectivity index (χ0v) is 17.0. The van der Waals surface area contributed by atoms with Crippen molar-refractivity contribution in [2.24, 2.45) is 11.1 Å². The number of carbonyl (C=O) groups excluding carboxylic acids is 1. The smallest absolute Gasteiger partial charge is 0.274 e. The first-order valence-electron chi connectivity index (χ1n) is 9.50. The molecule has 1 saturated carbocycles. The molecule has 1 aliphatic carbocycles. The summed E-state index contributed by atoms with van der Waals surface area (Å²) in [7, 11) is -3.97. The second-order valence-electron chi connectivity index (χ2n) is 7.68. The normalized spacial score (nSPS) is 18.4. The number of nitrogens with zero attached hydrogens (tertiary/aromatic N) is 2. The Hall–Kier alpha value is -2.92. The van der Waals surface area contributed by atoms with Crippen LogP contribution in [-0.2, 0) is 16.6 Å². The van der Waals surface area contributed by atoms with Crippen molar-refractivity contribution in [1.29, 1.82) is 0 Å². The summed E-state index contributed by atoms with van der Waals surface area (Å²) in [4.78, 5) is 12.9. The van der Waals surface area contributed by atoms with Gasteiger partial charge >= 0.3 is 0 Å². The number of rotatable bonds is 5. The maximum Gasteiger partial charge on any atom is 0.274 e. The molecule has 7 nitrogen and oxygen atoms in total. The van der Waals surface area contributed by atoms with Crippen LogP contribution in [-0.4, -0.2) is 30.0 Å². The number of amides is 1. The number of sulfonamides is 1. The van der Waals surface area contributed by atoms with Crippen molar-refractivity contribution in [1.82, 2.24) is 9.78 Å². The predicted octanol–water partition coefficient (Wildman–Crippen LogP) is 3.51. The predicted molar refractivity (Wildman–Crippen MR) is 108 cm³/mol. The molecule has 3 aromatic rings. The molecule has 0 bridgehead atoms. The van der Waals surface area contributed by atoms with Gasteiger partial charge in [0.1, 0.15) is 11.5 Å². The molecule has 1 aromatic heterocycles. The van der Waals surface area contributed by atoms with Crippen LogP contribution in [0.3, 0.4) is 0 Å². The van der Waals surface area contributed by atoms with E-state index in [1.807, 2.05) is 0 Å². The van der Waals surface area contributed by atoms with Gasteiger partial charge < -0.3 is 5.32 Å². The third kappa shape index (κ3) is 4.57. The minimum Gasteiger partial charge on any atom is -0.321 e. The number of hydrogen-bond donors (Lipinski definition) is 2. The lowest BCUT2D eigenvalue weighted by Gasteiger charge is -2.14. The molecule has 2 aromatic carbocycles. The van der Waals surface area contributed by atoms with Crippen molar-refractivity contribution in [2.45, 2.75) is 36.6 Å². The second-order valence-corrected chi connectivity index (χ2v) is 9.25. The summed E-state index contributed by atoms with van der Waals surface area (Å²) in [5.74, 6) is -4.31. The molecule has 1 fully saturated rings. The first-order valence-corrected chi connectivity index (χ1v) is 11.0. The average molecular weight is 452 g/mol. The number of carbonyl (C=O) groups is 1. The number of benzene rings is 2. The molecule has 4 rings (SSSR count). The molecule has 1 unspecified atom stereocenters. The zero-order valence-electron chi connectivity index (χ0n) is 16.2. The lowest BCUT2D eigenvalue weighted by Crippen LogP contribution is -2.21. The first kappa shape index (κ1) is 21.3. The van der Waals surface area contributed by atoms with Gasteiger partial charge in [0.2, 0.25) is 15.9 Å². The quantitative estimate of drug-likeness (QED) is 0.618. The van der Waals surface area contributed by atoms with E-state index in [1.165, 1.54) is 41.1 Å². The van der Waals surface area contributed by atoms with Crippen LogP contribution in [0, 0.1) is 11.7 Å². The Morgan fingerprint density at radius 2 is 2.03 bits per heavy atom. The highest BCUT2D eigenvalue weighted by atomic mass is 32.2. The minimum atomic E-state index is -3.97. The van der Waals surface area contributed by atoms with Gasteiger partial charge in [-0.25, -0.2) is 26.7 Å². The maximum absolute atomic E-state index is 13.7. The molecular formula is C20H19F3N4O3S. The third-order valence-corrected chi connectivity index (χ3v) is 6.18. The van der Waals surface area contributed by atoms with E-state index in [0.29, 0.717) is 5.39 Å². The number of aromatic nitrogens is 2. The van der Waals surface area contributed by atoms with Gasteiger partial charge in [0.05, 0.1) is 10.4 Å². The Balaban J connectivity index is 1.69. The SMILES string of the molecule is NS(=O)(=O)c1cccc(NC(=O)c2c3ccc(F)cc3nn2CC2CCC(F)(F)C2)c1. The average Bonchev–Trinajstić information content (AvgIpc) is 3.19. The van der Waals surface area contributed by atoms with E-state index >= 15 is 0 Å². The number of primary sulfonamides is 1. The molecular weight excluding hydrogens is 433 g/mol. The fraction of sp³-hybridized carbons (Fsp3) is 0.300. The van der Waals surface area contributed by atoms with Gasteiger partial charge in [-0.1, -0.05) is 6.07 Å². The van der Waals surface area contributed by atoms with Gasteiger partial charge in [-0.05, 0) is 42.7 Å². The number of anilines is 1. The number of alkyl halides is 2. The highest BCUT2D eigenvalue weighted by Crippen LogP contribution is 2.39. The molecule has 0 saturated heterocycles. The van der Waals surface area contributed by atoms with Crippen LogP contribution in [0.1, 0.15) is 29.8 Å². The zero-order chi connectivity index (χ0) is 22.4. The topological polar surface area (TPSA) is 107 Å². The van der Waals surface area contributed by atoms with Gasteiger partial charge in [0, 0.05) is 36.5 Å². The lowest BCUT2D eigenvalue weighted by atomic mass is 10.1. The molecule has 0 radical (unpaired) electrons. The summed E-state index contributed by atoms with van der Waals surface area (Å²) < 4.78 is 65.3. The van der Waals surface area contributed by atoms with Gasteiger partial charge in [-0.3, -0.25) is 9.48 Å². The molecule has 1 atom stereocenters. The van der Waals surface area contributed by atoms with E-state index in [2.05, 4.69) is 10.4 Å². The molecule has 1 aliphatic rings. The van der Waals surface area contributed by atoms with E-state index < -0.39 is 27.7 Å². The van der Waals surface area contributed by atoms with Crippen molar-refractivity contribution in [3.05, 3.63) is 54.0 Å². The molecule has 0 aliphatic heterocycles. The molecule has 11 heteroatoms. The Bertz CT molecular complexity index is 1270. The van der Waals surface area contributed by atoms with Crippen LogP contribution >= 0.6 is 0 Å². The fourth-order valence-electron chi connectivity index (χ4n) is 3.86. The molecule has 0 spiro atoms. The van der Waals surface area contributed by atoms with E-state index in [-0.39, 0.29) is 53.5 Å². The summed E-state index contributed by atoms with van der Waals surface area (Å²) in [5.41, 5.74) is 0.464. The van der Waals surface area contributed by atoms with Crippen LogP contribution in [0.4, 0.5) is 18.9 Å². The number of halogens is 3.